The van der Waals surface area contributed by atoms with Gasteiger partial charge in [-0.1, -0.05) is 53.6 Å². The first kappa shape index (κ1) is 25.9. The fourth-order valence-electron chi connectivity index (χ4n) is 3.85. The van der Waals surface area contributed by atoms with E-state index >= 15 is 0 Å². The quantitative estimate of drug-likeness (QED) is 0.437. The van der Waals surface area contributed by atoms with E-state index in [4.69, 9.17) is 11.6 Å². The van der Waals surface area contributed by atoms with Crippen LogP contribution in [-0.4, -0.2) is 25.2 Å². The Balaban J connectivity index is 1.85. The van der Waals surface area contributed by atoms with E-state index in [1.165, 1.54) is 9.87 Å². The van der Waals surface area contributed by atoms with Crippen molar-refractivity contribution in [3.63, 3.8) is 0 Å². The van der Waals surface area contributed by atoms with E-state index in [1.807, 2.05) is 27.7 Å². The minimum absolute atomic E-state index is 0.0534. The average molecular weight is 499 g/mol. The summed E-state index contributed by atoms with van der Waals surface area (Å²) in [6, 6.07) is 17.5. The van der Waals surface area contributed by atoms with Crippen LogP contribution in [0, 0.1) is 27.7 Å². The standard InChI is InChI=1S/C27H31ClN2O3S/c1-18-6-12-25(13-7-18)34(32,33)30(16-23-8-10-24(28)11-9-23)17-27(31)29-22(5)26-15-20(3)19(2)14-21(26)4/h6-15,22H,16-17H2,1-5H3,(H,29,31)/t22-/m1/s1. The van der Waals surface area contributed by atoms with Crippen molar-refractivity contribution >= 4 is 27.5 Å². The van der Waals surface area contributed by atoms with Gasteiger partial charge in [0.05, 0.1) is 17.5 Å². The van der Waals surface area contributed by atoms with Crippen LogP contribution in [0.4, 0.5) is 0 Å². The van der Waals surface area contributed by atoms with Gasteiger partial charge in [0, 0.05) is 11.6 Å². The molecule has 1 atom stereocenters. The molecule has 0 radical (unpaired) electrons. The second-order valence-electron chi connectivity index (χ2n) is 8.79. The number of nitrogens with zero attached hydrogens (tertiary/aromatic N) is 1. The summed E-state index contributed by atoms with van der Waals surface area (Å²) >= 11 is 5.99. The van der Waals surface area contributed by atoms with Gasteiger partial charge < -0.3 is 5.32 Å². The molecule has 180 valence electrons. The Labute approximate surface area is 207 Å². The fourth-order valence-corrected chi connectivity index (χ4v) is 5.36. The predicted octanol–water partition coefficient (Wildman–Crippen LogP) is 5.64. The topological polar surface area (TPSA) is 66.5 Å². The van der Waals surface area contributed by atoms with Crippen LogP contribution in [0.3, 0.4) is 0 Å². The van der Waals surface area contributed by atoms with Crippen LogP contribution in [0.1, 0.15) is 46.3 Å². The molecule has 0 fully saturated rings. The van der Waals surface area contributed by atoms with Gasteiger partial charge in [-0.05, 0) is 86.7 Å². The van der Waals surface area contributed by atoms with Crippen molar-refractivity contribution in [1.29, 1.82) is 0 Å². The number of nitrogens with one attached hydrogen (secondary N) is 1. The molecule has 1 N–H and O–H groups in total. The maximum atomic E-state index is 13.5. The molecule has 0 aromatic heterocycles. The largest absolute Gasteiger partial charge is 0.348 e. The average Bonchev–Trinajstić information content (AvgIpc) is 2.77. The van der Waals surface area contributed by atoms with Crippen LogP contribution < -0.4 is 5.32 Å². The Kier molecular flexibility index (Phi) is 8.18. The molecule has 0 unspecified atom stereocenters. The molecule has 5 nitrogen and oxygen atoms in total. The molecule has 0 aliphatic heterocycles. The summed E-state index contributed by atoms with van der Waals surface area (Å²) < 4.78 is 28.1. The van der Waals surface area contributed by atoms with Crippen molar-refractivity contribution in [2.24, 2.45) is 0 Å². The molecular weight excluding hydrogens is 468 g/mol. The van der Waals surface area contributed by atoms with Crippen molar-refractivity contribution in [3.05, 3.63) is 99.1 Å². The molecule has 3 rings (SSSR count). The number of carbonyl (C=O) groups excluding carboxylic acids is 1. The van der Waals surface area contributed by atoms with Gasteiger partial charge in [-0.3, -0.25) is 4.79 Å². The van der Waals surface area contributed by atoms with E-state index in [2.05, 4.69) is 24.4 Å². The van der Waals surface area contributed by atoms with Gasteiger partial charge in [0.25, 0.3) is 0 Å². The van der Waals surface area contributed by atoms with Gasteiger partial charge in [0.15, 0.2) is 0 Å². The third-order valence-electron chi connectivity index (χ3n) is 5.98. The molecule has 3 aromatic rings. The number of hydrogen-bond acceptors (Lipinski definition) is 3. The Hall–Kier alpha value is -2.67. The summed E-state index contributed by atoms with van der Waals surface area (Å²) in [5.41, 5.74) is 6.14. The van der Waals surface area contributed by atoms with Crippen LogP contribution >= 0.6 is 11.6 Å². The second kappa shape index (κ2) is 10.7. The lowest BCUT2D eigenvalue weighted by Gasteiger charge is -2.24. The monoisotopic (exact) mass is 498 g/mol. The van der Waals surface area contributed by atoms with E-state index in [-0.39, 0.29) is 29.9 Å². The first-order chi connectivity index (χ1) is 16.0. The maximum absolute atomic E-state index is 13.5. The molecule has 0 aliphatic carbocycles. The number of rotatable bonds is 8. The minimum Gasteiger partial charge on any atom is -0.348 e. The van der Waals surface area contributed by atoms with Crippen LogP contribution in [0.2, 0.25) is 5.02 Å². The zero-order chi connectivity index (χ0) is 25.0. The second-order valence-corrected chi connectivity index (χ2v) is 11.2. The number of benzene rings is 3. The number of amides is 1. The molecule has 3 aromatic carbocycles. The molecule has 0 bridgehead atoms. The molecule has 0 saturated carbocycles. The SMILES string of the molecule is Cc1ccc(S(=O)(=O)N(CC(=O)N[C@H](C)c2cc(C)c(C)cc2C)Cc2ccc(Cl)cc2)cc1. The summed E-state index contributed by atoms with van der Waals surface area (Å²) in [4.78, 5) is 13.2. The van der Waals surface area contributed by atoms with Crippen LogP contribution in [-0.2, 0) is 21.4 Å². The summed E-state index contributed by atoms with van der Waals surface area (Å²) in [7, 11) is -3.90. The number of halogens is 1. The molecule has 0 saturated heterocycles. The highest BCUT2D eigenvalue weighted by atomic mass is 35.5. The Morgan fingerprint density at radius 2 is 1.50 bits per heavy atom. The van der Waals surface area contributed by atoms with Crippen molar-refractivity contribution in [3.8, 4) is 0 Å². The zero-order valence-corrected chi connectivity index (χ0v) is 21.8. The van der Waals surface area contributed by atoms with Gasteiger partial charge in [-0.25, -0.2) is 8.42 Å². The van der Waals surface area contributed by atoms with Crippen LogP contribution in [0.5, 0.6) is 0 Å². The summed E-state index contributed by atoms with van der Waals surface area (Å²) in [6.45, 7) is 9.66. The molecule has 7 heteroatoms. The molecule has 0 spiro atoms. The molecule has 0 aliphatic rings. The van der Waals surface area contributed by atoms with E-state index < -0.39 is 10.0 Å². The summed E-state index contributed by atoms with van der Waals surface area (Å²) in [6.07, 6.45) is 0. The normalized spacial score (nSPS) is 12.6. The molecule has 34 heavy (non-hydrogen) atoms. The lowest BCUT2D eigenvalue weighted by atomic mass is 9.96. The van der Waals surface area contributed by atoms with E-state index in [0.717, 1.165) is 27.8 Å². The number of carbonyl (C=O) groups is 1. The van der Waals surface area contributed by atoms with Gasteiger partial charge in [-0.15, -0.1) is 0 Å². The molecular formula is C27H31ClN2O3S. The van der Waals surface area contributed by atoms with E-state index in [0.29, 0.717) is 5.02 Å². The third-order valence-corrected chi connectivity index (χ3v) is 8.04. The molecule has 0 heterocycles. The van der Waals surface area contributed by atoms with E-state index in [1.54, 1.807) is 48.5 Å². The maximum Gasteiger partial charge on any atom is 0.243 e. The van der Waals surface area contributed by atoms with Crippen LogP contribution in [0.25, 0.3) is 0 Å². The van der Waals surface area contributed by atoms with Gasteiger partial charge in [0.2, 0.25) is 15.9 Å². The van der Waals surface area contributed by atoms with E-state index in [9.17, 15) is 13.2 Å². The van der Waals surface area contributed by atoms with Gasteiger partial charge in [-0.2, -0.15) is 4.31 Å². The number of hydrogen-bond donors (Lipinski definition) is 1. The Morgan fingerprint density at radius 3 is 2.12 bits per heavy atom. The molecule has 1 amide bonds. The lowest BCUT2D eigenvalue weighted by Crippen LogP contribution is -2.41. The fraction of sp³-hybridized carbons (Fsp3) is 0.296. The van der Waals surface area contributed by atoms with Crippen molar-refractivity contribution in [1.82, 2.24) is 9.62 Å². The van der Waals surface area contributed by atoms with Crippen molar-refractivity contribution < 1.29 is 13.2 Å². The van der Waals surface area contributed by atoms with Crippen molar-refractivity contribution in [2.75, 3.05) is 6.54 Å². The summed E-state index contributed by atoms with van der Waals surface area (Å²) in [5.74, 6) is -0.366. The summed E-state index contributed by atoms with van der Waals surface area (Å²) in [5, 5.41) is 3.54. The van der Waals surface area contributed by atoms with Crippen LogP contribution in [0.15, 0.2) is 65.6 Å². The highest BCUT2D eigenvalue weighted by Crippen LogP contribution is 2.23. The van der Waals surface area contributed by atoms with Gasteiger partial charge >= 0.3 is 0 Å². The highest BCUT2D eigenvalue weighted by molar-refractivity contribution is 7.89. The first-order valence-electron chi connectivity index (χ1n) is 11.2. The van der Waals surface area contributed by atoms with Crippen molar-refractivity contribution in [2.45, 2.75) is 52.1 Å². The smallest absolute Gasteiger partial charge is 0.243 e. The third kappa shape index (κ3) is 6.26. The minimum atomic E-state index is -3.90. The first-order valence-corrected chi connectivity index (χ1v) is 13.0. The predicted molar refractivity (Wildman–Crippen MR) is 137 cm³/mol. The Bertz CT molecular complexity index is 1270. The number of sulfonamides is 1. The Morgan fingerprint density at radius 1 is 0.912 bits per heavy atom. The zero-order valence-electron chi connectivity index (χ0n) is 20.2. The lowest BCUT2D eigenvalue weighted by molar-refractivity contribution is -0.122. The number of aryl methyl sites for hydroxylation is 4. The highest BCUT2D eigenvalue weighted by Gasteiger charge is 2.27. The van der Waals surface area contributed by atoms with Gasteiger partial charge in [0.1, 0.15) is 0 Å².